The van der Waals surface area contributed by atoms with Crippen molar-refractivity contribution in [2.75, 3.05) is 27.2 Å². The summed E-state index contributed by atoms with van der Waals surface area (Å²) in [6, 6.07) is 3.12. The zero-order valence-corrected chi connectivity index (χ0v) is 13.6. The van der Waals surface area contributed by atoms with Gasteiger partial charge in [-0.1, -0.05) is 0 Å². The molecule has 1 N–H and O–H groups in total. The molecule has 1 aliphatic heterocycles. The van der Waals surface area contributed by atoms with E-state index in [1.807, 2.05) is 13.8 Å². The number of nitrogens with zero attached hydrogens (tertiary/aromatic N) is 1. The summed E-state index contributed by atoms with van der Waals surface area (Å²) in [5.41, 5.74) is 0. The molecule has 1 atom stereocenters. The second kappa shape index (κ2) is 6.05. The van der Waals surface area contributed by atoms with Gasteiger partial charge in [0.1, 0.15) is 5.76 Å². The van der Waals surface area contributed by atoms with Crippen molar-refractivity contribution < 1.29 is 22.3 Å². The first kappa shape index (κ1) is 16.4. The van der Waals surface area contributed by atoms with Gasteiger partial charge in [0.2, 0.25) is 5.09 Å². The van der Waals surface area contributed by atoms with Crippen LogP contribution in [0.2, 0.25) is 0 Å². The Bertz CT molecular complexity index is 579. The van der Waals surface area contributed by atoms with E-state index in [4.69, 9.17) is 13.9 Å². The average Bonchev–Trinajstić information content (AvgIpc) is 2.96. The van der Waals surface area contributed by atoms with Crippen LogP contribution in [0.5, 0.6) is 0 Å². The van der Waals surface area contributed by atoms with Gasteiger partial charge < -0.3 is 19.2 Å². The van der Waals surface area contributed by atoms with Crippen LogP contribution in [-0.2, 0) is 26.0 Å². The Labute approximate surface area is 125 Å². The predicted molar refractivity (Wildman–Crippen MR) is 76.2 cm³/mol. The van der Waals surface area contributed by atoms with Crippen molar-refractivity contribution >= 4 is 10.0 Å². The third-order valence-corrected chi connectivity index (χ3v) is 4.80. The number of sulfonamides is 1. The molecule has 8 heteroatoms. The Morgan fingerprint density at radius 3 is 2.67 bits per heavy atom. The van der Waals surface area contributed by atoms with Gasteiger partial charge in [-0.05, 0) is 26.0 Å². The van der Waals surface area contributed by atoms with Crippen LogP contribution < -0.4 is 5.32 Å². The van der Waals surface area contributed by atoms with Crippen molar-refractivity contribution in [3.63, 3.8) is 0 Å². The lowest BCUT2D eigenvalue weighted by atomic mass is 10.3. The van der Waals surface area contributed by atoms with Gasteiger partial charge in [-0.3, -0.25) is 0 Å². The van der Waals surface area contributed by atoms with E-state index in [0.29, 0.717) is 25.5 Å². The van der Waals surface area contributed by atoms with Gasteiger partial charge >= 0.3 is 0 Å². The largest absolute Gasteiger partial charge is 0.447 e. The highest BCUT2D eigenvalue weighted by atomic mass is 32.2. The molecule has 0 amide bonds. The first-order valence-corrected chi connectivity index (χ1v) is 8.18. The molecule has 2 heterocycles. The molecule has 1 aromatic heterocycles. The average molecular weight is 318 g/mol. The van der Waals surface area contributed by atoms with Crippen molar-refractivity contribution in [1.82, 2.24) is 9.62 Å². The van der Waals surface area contributed by atoms with Crippen molar-refractivity contribution in [3.05, 3.63) is 17.9 Å². The van der Waals surface area contributed by atoms with E-state index in [1.54, 1.807) is 6.07 Å². The third-order valence-electron chi connectivity index (χ3n) is 3.11. The van der Waals surface area contributed by atoms with Crippen molar-refractivity contribution in [2.45, 2.75) is 37.4 Å². The van der Waals surface area contributed by atoms with Crippen molar-refractivity contribution in [3.8, 4) is 0 Å². The monoisotopic (exact) mass is 318 g/mol. The van der Waals surface area contributed by atoms with Gasteiger partial charge in [0.15, 0.2) is 5.79 Å². The molecule has 0 aromatic carbocycles. The summed E-state index contributed by atoms with van der Waals surface area (Å²) < 4.78 is 41.3. The highest BCUT2D eigenvalue weighted by Crippen LogP contribution is 2.22. The minimum Gasteiger partial charge on any atom is -0.447 e. The van der Waals surface area contributed by atoms with Crippen LogP contribution in [0.4, 0.5) is 0 Å². The van der Waals surface area contributed by atoms with Gasteiger partial charge in [-0.2, -0.15) is 0 Å². The van der Waals surface area contributed by atoms with Gasteiger partial charge in [-0.15, -0.1) is 0 Å². The van der Waals surface area contributed by atoms with Crippen LogP contribution in [0.1, 0.15) is 19.6 Å². The topological polar surface area (TPSA) is 81.0 Å². The summed E-state index contributed by atoms with van der Waals surface area (Å²) in [5, 5.41) is 3.12. The second-order valence-electron chi connectivity index (χ2n) is 5.59. The Hall–Kier alpha value is -0.930. The summed E-state index contributed by atoms with van der Waals surface area (Å²) in [6.07, 6.45) is -0.0139. The van der Waals surface area contributed by atoms with Crippen LogP contribution in [0.3, 0.4) is 0 Å². The maximum Gasteiger partial charge on any atom is 0.275 e. The fourth-order valence-corrected chi connectivity index (χ4v) is 2.80. The first-order valence-electron chi connectivity index (χ1n) is 6.74. The van der Waals surface area contributed by atoms with Gasteiger partial charge in [0.05, 0.1) is 19.3 Å². The summed E-state index contributed by atoms with van der Waals surface area (Å²) in [6.45, 7) is 5.33. The minimum absolute atomic E-state index is 0.0139. The fraction of sp³-hybridized carbons (Fsp3) is 0.692. The maximum atomic E-state index is 11.9. The third kappa shape index (κ3) is 4.04. The molecule has 120 valence electrons. The maximum absolute atomic E-state index is 11.9. The number of hydrogen-bond donors (Lipinski definition) is 1. The predicted octanol–water partition coefficient (Wildman–Crippen LogP) is 0.771. The van der Waals surface area contributed by atoms with Gasteiger partial charge in [0, 0.05) is 20.6 Å². The van der Waals surface area contributed by atoms with Crippen LogP contribution >= 0.6 is 0 Å². The molecule has 2 rings (SSSR count). The van der Waals surface area contributed by atoms with Crippen molar-refractivity contribution in [1.29, 1.82) is 0 Å². The quantitative estimate of drug-likeness (QED) is 0.834. The Morgan fingerprint density at radius 1 is 1.38 bits per heavy atom. The van der Waals surface area contributed by atoms with E-state index in [9.17, 15) is 8.42 Å². The molecule has 1 unspecified atom stereocenters. The van der Waals surface area contributed by atoms with E-state index >= 15 is 0 Å². The van der Waals surface area contributed by atoms with Gasteiger partial charge in [0.25, 0.3) is 10.0 Å². The Kier molecular flexibility index (Phi) is 4.74. The van der Waals surface area contributed by atoms with E-state index in [0.717, 1.165) is 4.31 Å². The summed E-state index contributed by atoms with van der Waals surface area (Å²) in [4.78, 5) is 0. The fourth-order valence-electron chi connectivity index (χ4n) is 1.99. The van der Waals surface area contributed by atoms with E-state index in [2.05, 4.69) is 5.32 Å². The lowest BCUT2D eigenvalue weighted by Gasteiger charge is -2.17. The first-order chi connectivity index (χ1) is 9.71. The number of nitrogens with one attached hydrogen (secondary N) is 1. The molecule has 1 saturated heterocycles. The zero-order valence-electron chi connectivity index (χ0n) is 12.8. The number of rotatable bonds is 6. The highest BCUT2D eigenvalue weighted by molar-refractivity contribution is 7.88. The Balaban J connectivity index is 1.84. The highest BCUT2D eigenvalue weighted by Gasteiger charge is 2.32. The van der Waals surface area contributed by atoms with E-state index in [1.165, 1.54) is 20.2 Å². The molecular weight excluding hydrogens is 296 g/mol. The molecule has 21 heavy (non-hydrogen) atoms. The summed E-state index contributed by atoms with van der Waals surface area (Å²) in [5.74, 6) is 0.0258. The standard InChI is InChI=1S/C13H22N2O5S/c1-13(2)18-9-11(20-13)8-14-7-10-5-6-12(19-10)21(16,17)15(3)4/h5-6,11,14H,7-9H2,1-4H3. The molecule has 0 bridgehead atoms. The zero-order chi connectivity index (χ0) is 15.7. The minimum atomic E-state index is -3.52. The van der Waals surface area contributed by atoms with Crippen LogP contribution in [0.25, 0.3) is 0 Å². The summed E-state index contributed by atoms with van der Waals surface area (Å²) >= 11 is 0. The van der Waals surface area contributed by atoms with Gasteiger partial charge in [-0.25, -0.2) is 12.7 Å². The van der Waals surface area contributed by atoms with E-state index in [-0.39, 0.29) is 11.2 Å². The smallest absolute Gasteiger partial charge is 0.275 e. The molecule has 0 saturated carbocycles. The second-order valence-corrected chi connectivity index (χ2v) is 7.67. The molecule has 0 radical (unpaired) electrons. The SMILES string of the molecule is CN(C)S(=O)(=O)c1ccc(CNCC2COC(C)(C)O2)o1. The number of ether oxygens (including phenoxy) is 2. The molecular formula is C13H22N2O5S. The van der Waals surface area contributed by atoms with E-state index < -0.39 is 15.8 Å². The normalized spacial score (nSPS) is 22.0. The Morgan fingerprint density at radius 2 is 2.10 bits per heavy atom. The van der Waals surface area contributed by atoms with Crippen LogP contribution in [0.15, 0.2) is 21.6 Å². The molecule has 1 aliphatic rings. The molecule has 1 fully saturated rings. The number of hydrogen-bond acceptors (Lipinski definition) is 6. The lowest BCUT2D eigenvalue weighted by Crippen LogP contribution is -2.30. The number of furan rings is 1. The molecule has 7 nitrogen and oxygen atoms in total. The molecule has 0 aliphatic carbocycles. The van der Waals surface area contributed by atoms with Crippen LogP contribution in [0, 0.1) is 0 Å². The summed E-state index contributed by atoms with van der Waals surface area (Å²) in [7, 11) is -0.584. The lowest BCUT2D eigenvalue weighted by molar-refractivity contribution is -0.137. The molecule has 0 spiro atoms. The van der Waals surface area contributed by atoms with Crippen molar-refractivity contribution in [2.24, 2.45) is 0 Å². The van der Waals surface area contributed by atoms with Crippen LogP contribution in [-0.4, -0.2) is 51.9 Å². The molecule has 1 aromatic rings.